The van der Waals surface area contributed by atoms with Gasteiger partial charge < -0.3 is 9.88 Å². The minimum atomic E-state index is -0.106. The van der Waals surface area contributed by atoms with Crippen molar-refractivity contribution in [3.63, 3.8) is 0 Å². The Kier molecular flexibility index (Phi) is 6.78. The maximum absolute atomic E-state index is 12.5. The molecule has 1 N–H and O–H groups in total. The number of fused-ring (bicyclic) bond motifs is 1. The Balaban J connectivity index is 1.68. The number of hydrogen-bond acceptors (Lipinski definition) is 6. The second-order valence-electron chi connectivity index (χ2n) is 7.65. The number of amides is 1. The molecule has 1 aliphatic carbocycles. The number of thioether (sulfide) groups is 1. The van der Waals surface area contributed by atoms with Crippen LogP contribution >= 0.6 is 23.1 Å². The van der Waals surface area contributed by atoms with Crippen molar-refractivity contribution in [2.24, 2.45) is 5.92 Å². The van der Waals surface area contributed by atoms with E-state index in [1.807, 2.05) is 0 Å². The Bertz CT molecular complexity index is 893. The van der Waals surface area contributed by atoms with Crippen molar-refractivity contribution >= 4 is 34.0 Å². The summed E-state index contributed by atoms with van der Waals surface area (Å²) in [5.74, 6) is 2.03. The first-order chi connectivity index (χ1) is 13.4. The van der Waals surface area contributed by atoms with E-state index in [9.17, 15) is 10.1 Å². The molecule has 6 nitrogen and oxygen atoms in total. The summed E-state index contributed by atoms with van der Waals surface area (Å²) < 4.78 is 2.11. The normalized spacial score (nSPS) is 16.1. The van der Waals surface area contributed by atoms with Crippen LogP contribution in [0.3, 0.4) is 0 Å². The summed E-state index contributed by atoms with van der Waals surface area (Å²) in [6.07, 6.45) is 4.02. The first kappa shape index (κ1) is 20.9. The Hall–Kier alpha value is -1.85. The summed E-state index contributed by atoms with van der Waals surface area (Å²) in [5, 5.41) is 22.6. The average molecular weight is 418 g/mol. The Morgan fingerprint density at radius 1 is 1.46 bits per heavy atom. The number of anilines is 1. The smallest absolute Gasteiger partial charge is 0.235 e. The van der Waals surface area contributed by atoms with E-state index in [-0.39, 0.29) is 11.7 Å². The maximum Gasteiger partial charge on any atom is 0.235 e. The van der Waals surface area contributed by atoms with E-state index >= 15 is 0 Å². The molecule has 0 aliphatic heterocycles. The van der Waals surface area contributed by atoms with Crippen LogP contribution in [-0.2, 0) is 24.2 Å². The molecule has 0 aromatic carbocycles. The third-order valence-electron chi connectivity index (χ3n) is 4.92. The van der Waals surface area contributed by atoms with Gasteiger partial charge in [0.2, 0.25) is 5.91 Å². The van der Waals surface area contributed by atoms with E-state index in [4.69, 9.17) is 0 Å². The Morgan fingerprint density at radius 3 is 2.93 bits per heavy atom. The second-order valence-corrected chi connectivity index (χ2v) is 9.70. The second kappa shape index (κ2) is 9.10. The third-order valence-corrected chi connectivity index (χ3v) is 7.05. The van der Waals surface area contributed by atoms with E-state index in [2.05, 4.69) is 53.8 Å². The lowest BCUT2D eigenvalue weighted by atomic mass is 9.89. The van der Waals surface area contributed by atoms with Gasteiger partial charge in [-0.15, -0.1) is 21.5 Å². The lowest BCUT2D eigenvalue weighted by Gasteiger charge is -2.17. The van der Waals surface area contributed by atoms with Gasteiger partial charge in [-0.05, 0) is 37.2 Å². The zero-order valence-corrected chi connectivity index (χ0v) is 18.5. The quantitative estimate of drug-likeness (QED) is 0.666. The van der Waals surface area contributed by atoms with Crippen molar-refractivity contribution < 1.29 is 4.79 Å². The summed E-state index contributed by atoms with van der Waals surface area (Å²) in [6.45, 7) is 9.40. The fourth-order valence-corrected chi connectivity index (χ4v) is 5.67. The van der Waals surface area contributed by atoms with Crippen LogP contribution in [0.1, 0.15) is 68.3 Å². The minimum Gasteiger partial charge on any atom is -0.316 e. The first-order valence-corrected chi connectivity index (χ1v) is 11.6. The molecular formula is C20H27N5OS2. The van der Waals surface area contributed by atoms with E-state index in [0.717, 1.165) is 48.8 Å². The van der Waals surface area contributed by atoms with E-state index in [0.29, 0.717) is 22.4 Å². The van der Waals surface area contributed by atoms with Crippen LogP contribution in [0.15, 0.2) is 5.16 Å². The van der Waals surface area contributed by atoms with Crippen molar-refractivity contribution in [1.29, 1.82) is 5.26 Å². The molecule has 1 amide bonds. The number of carbonyl (C=O) groups excluding carboxylic acids is 1. The van der Waals surface area contributed by atoms with Crippen molar-refractivity contribution in [1.82, 2.24) is 14.8 Å². The lowest BCUT2D eigenvalue weighted by molar-refractivity contribution is -0.113. The van der Waals surface area contributed by atoms with Crippen LogP contribution in [0.25, 0.3) is 0 Å². The molecule has 3 rings (SSSR count). The minimum absolute atomic E-state index is 0.106. The summed E-state index contributed by atoms with van der Waals surface area (Å²) in [7, 11) is 0. The standard InChI is InChI=1S/C20H27N5OS2/c1-5-8-25-18(12(2)3)23-24-20(25)27-11-17(26)22-19-15(10-21)14-7-6-13(4)9-16(14)28-19/h12-13H,5-9,11H2,1-4H3,(H,22,26). The molecule has 1 aliphatic rings. The predicted molar refractivity (Wildman–Crippen MR) is 114 cm³/mol. The van der Waals surface area contributed by atoms with Crippen molar-refractivity contribution in [3.05, 3.63) is 21.8 Å². The Morgan fingerprint density at radius 2 is 2.25 bits per heavy atom. The van der Waals surface area contributed by atoms with Gasteiger partial charge in [0.15, 0.2) is 5.16 Å². The zero-order valence-electron chi connectivity index (χ0n) is 16.9. The summed E-state index contributed by atoms with van der Waals surface area (Å²) in [6, 6.07) is 2.30. The monoisotopic (exact) mass is 417 g/mol. The van der Waals surface area contributed by atoms with E-state index in [1.54, 1.807) is 11.3 Å². The van der Waals surface area contributed by atoms with Crippen LogP contribution in [0, 0.1) is 17.2 Å². The fraction of sp³-hybridized carbons (Fsp3) is 0.600. The fourth-order valence-electron chi connectivity index (χ4n) is 3.52. The van der Waals surface area contributed by atoms with Crippen molar-refractivity contribution in [2.45, 2.75) is 71.0 Å². The highest BCUT2D eigenvalue weighted by Crippen LogP contribution is 2.39. The van der Waals surface area contributed by atoms with Crippen LogP contribution in [-0.4, -0.2) is 26.4 Å². The van der Waals surface area contributed by atoms with Gasteiger partial charge in [0, 0.05) is 17.3 Å². The molecular weight excluding hydrogens is 390 g/mol. The summed E-state index contributed by atoms with van der Waals surface area (Å²) >= 11 is 2.96. The number of hydrogen-bond donors (Lipinski definition) is 1. The van der Waals surface area contributed by atoms with Crippen LogP contribution in [0.2, 0.25) is 0 Å². The number of nitrogens with zero attached hydrogens (tertiary/aromatic N) is 4. The number of thiophene rings is 1. The molecule has 2 heterocycles. The summed E-state index contributed by atoms with van der Waals surface area (Å²) in [4.78, 5) is 13.8. The molecule has 28 heavy (non-hydrogen) atoms. The van der Waals surface area contributed by atoms with E-state index < -0.39 is 0 Å². The van der Waals surface area contributed by atoms with E-state index in [1.165, 1.54) is 16.6 Å². The van der Waals surface area contributed by atoms with Gasteiger partial charge in [-0.2, -0.15) is 5.26 Å². The van der Waals surface area contributed by atoms with Crippen LogP contribution < -0.4 is 5.32 Å². The van der Waals surface area contributed by atoms with Crippen molar-refractivity contribution in [2.75, 3.05) is 11.1 Å². The maximum atomic E-state index is 12.5. The molecule has 0 saturated carbocycles. The topological polar surface area (TPSA) is 83.6 Å². The number of rotatable bonds is 7. The number of carbonyl (C=O) groups is 1. The van der Waals surface area contributed by atoms with Gasteiger partial charge in [0.1, 0.15) is 16.9 Å². The van der Waals surface area contributed by atoms with Gasteiger partial charge in [0.25, 0.3) is 0 Å². The predicted octanol–water partition coefficient (Wildman–Crippen LogP) is 4.60. The van der Waals surface area contributed by atoms with Gasteiger partial charge in [-0.25, -0.2) is 0 Å². The SMILES string of the molecule is CCCn1c(SCC(=O)Nc2sc3c(c2C#N)CCC(C)C3)nnc1C(C)C. The molecule has 0 saturated heterocycles. The molecule has 0 spiro atoms. The molecule has 0 fully saturated rings. The van der Waals surface area contributed by atoms with Gasteiger partial charge in [-0.3, -0.25) is 4.79 Å². The summed E-state index contributed by atoms with van der Waals surface area (Å²) in [5.41, 5.74) is 1.79. The largest absolute Gasteiger partial charge is 0.316 e. The van der Waals surface area contributed by atoms with Crippen LogP contribution in [0.4, 0.5) is 5.00 Å². The number of nitrogens with one attached hydrogen (secondary N) is 1. The van der Waals surface area contributed by atoms with Gasteiger partial charge in [-0.1, -0.05) is 39.5 Å². The molecule has 150 valence electrons. The zero-order chi connectivity index (χ0) is 20.3. The molecule has 0 bridgehead atoms. The van der Waals surface area contributed by atoms with Gasteiger partial charge in [0.05, 0.1) is 11.3 Å². The average Bonchev–Trinajstić information content (AvgIpc) is 3.20. The van der Waals surface area contributed by atoms with Crippen LogP contribution in [0.5, 0.6) is 0 Å². The molecule has 2 aromatic rings. The highest BCUT2D eigenvalue weighted by Gasteiger charge is 2.25. The highest BCUT2D eigenvalue weighted by atomic mass is 32.2. The molecule has 1 atom stereocenters. The first-order valence-electron chi connectivity index (χ1n) is 9.84. The van der Waals surface area contributed by atoms with Gasteiger partial charge >= 0.3 is 0 Å². The Labute approximate surface area is 174 Å². The third kappa shape index (κ3) is 4.41. The van der Waals surface area contributed by atoms with Crippen molar-refractivity contribution in [3.8, 4) is 6.07 Å². The molecule has 2 aromatic heterocycles. The molecule has 0 radical (unpaired) electrons. The lowest BCUT2D eigenvalue weighted by Crippen LogP contribution is -2.15. The number of aromatic nitrogens is 3. The molecule has 8 heteroatoms. The number of nitriles is 1. The molecule has 1 unspecified atom stereocenters. The highest BCUT2D eigenvalue weighted by molar-refractivity contribution is 7.99.